The van der Waals surface area contributed by atoms with E-state index in [1.165, 1.54) is 5.56 Å². The fraction of sp³-hybridized carbons (Fsp3) is 0.458. The van der Waals surface area contributed by atoms with E-state index >= 15 is 0 Å². The minimum absolute atomic E-state index is 0.169. The fourth-order valence-corrected chi connectivity index (χ4v) is 3.64. The first-order chi connectivity index (χ1) is 14.0. The predicted molar refractivity (Wildman–Crippen MR) is 116 cm³/mol. The lowest BCUT2D eigenvalue weighted by atomic mass is 9.70. The third kappa shape index (κ3) is 5.65. The highest BCUT2D eigenvalue weighted by molar-refractivity contribution is 5.47. The van der Waals surface area contributed by atoms with Gasteiger partial charge in [0.2, 0.25) is 0 Å². The van der Waals surface area contributed by atoms with Crippen LogP contribution >= 0.6 is 0 Å². The summed E-state index contributed by atoms with van der Waals surface area (Å²) in [6.45, 7) is 5.90. The second kappa shape index (κ2) is 10.7. The second-order valence-corrected chi connectivity index (χ2v) is 7.58. The fourth-order valence-electron chi connectivity index (χ4n) is 3.64. The Labute approximate surface area is 174 Å². The van der Waals surface area contributed by atoms with Crippen molar-refractivity contribution < 1.29 is 14.6 Å². The normalized spacial score (nSPS) is 13.0. The van der Waals surface area contributed by atoms with Crippen LogP contribution in [0.4, 0.5) is 0 Å². The second-order valence-electron chi connectivity index (χ2n) is 7.58. The standard InChI is InChI=1S/C24H32N2O3/c1-18(2)24(17-25,20-8-11-22(28-3)23(16-20)29-4)13-5-14-26-15-12-19-6-9-21(27)10-7-19/h6-11,16,18,26-27H,5,12-15H2,1-4H3. The van der Waals surface area contributed by atoms with Gasteiger partial charge in [-0.2, -0.15) is 5.26 Å². The van der Waals surface area contributed by atoms with E-state index in [0.717, 1.165) is 37.9 Å². The first-order valence-corrected chi connectivity index (χ1v) is 10.1. The average Bonchev–Trinajstić information content (AvgIpc) is 2.74. The minimum atomic E-state index is -0.571. The van der Waals surface area contributed by atoms with Crippen LogP contribution in [0.25, 0.3) is 0 Å². The summed E-state index contributed by atoms with van der Waals surface area (Å²) in [5, 5.41) is 22.9. The van der Waals surface area contributed by atoms with Crippen LogP contribution < -0.4 is 14.8 Å². The molecule has 0 heterocycles. The molecule has 2 rings (SSSR count). The van der Waals surface area contributed by atoms with Crippen molar-refractivity contribution in [1.82, 2.24) is 5.32 Å². The molecule has 0 aliphatic heterocycles. The molecule has 0 bridgehead atoms. The number of phenols is 1. The number of methoxy groups -OCH3 is 2. The summed E-state index contributed by atoms with van der Waals surface area (Å²) in [7, 11) is 3.23. The summed E-state index contributed by atoms with van der Waals surface area (Å²) in [6, 6.07) is 15.7. The number of nitriles is 1. The van der Waals surface area contributed by atoms with Crippen molar-refractivity contribution in [3.05, 3.63) is 53.6 Å². The molecule has 29 heavy (non-hydrogen) atoms. The van der Waals surface area contributed by atoms with Crippen molar-refractivity contribution in [3.8, 4) is 23.3 Å². The third-order valence-electron chi connectivity index (χ3n) is 5.54. The van der Waals surface area contributed by atoms with Crippen LogP contribution in [0.1, 0.15) is 37.8 Å². The number of benzene rings is 2. The molecule has 0 radical (unpaired) electrons. The van der Waals surface area contributed by atoms with E-state index in [1.807, 2.05) is 30.3 Å². The third-order valence-corrected chi connectivity index (χ3v) is 5.54. The van der Waals surface area contributed by atoms with Crippen molar-refractivity contribution in [2.75, 3.05) is 27.3 Å². The Morgan fingerprint density at radius 3 is 2.31 bits per heavy atom. The molecule has 2 aromatic rings. The summed E-state index contributed by atoms with van der Waals surface area (Å²) in [6.07, 6.45) is 2.57. The van der Waals surface area contributed by atoms with Gasteiger partial charge in [0.15, 0.2) is 11.5 Å². The highest BCUT2D eigenvalue weighted by Crippen LogP contribution is 2.40. The Morgan fingerprint density at radius 2 is 1.72 bits per heavy atom. The molecule has 0 saturated carbocycles. The van der Waals surface area contributed by atoms with E-state index in [1.54, 1.807) is 26.4 Å². The Bertz CT molecular complexity index is 812. The van der Waals surface area contributed by atoms with Gasteiger partial charge >= 0.3 is 0 Å². The number of hydrogen-bond donors (Lipinski definition) is 2. The molecule has 0 aliphatic carbocycles. The Morgan fingerprint density at radius 1 is 1.03 bits per heavy atom. The van der Waals surface area contributed by atoms with E-state index in [0.29, 0.717) is 17.2 Å². The van der Waals surface area contributed by atoms with E-state index < -0.39 is 5.41 Å². The SMILES string of the molecule is COc1ccc(C(C#N)(CCCNCCc2ccc(O)cc2)C(C)C)cc1OC. The Hall–Kier alpha value is -2.71. The summed E-state index contributed by atoms with van der Waals surface area (Å²) < 4.78 is 10.8. The first kappa shape index (κ1) is 22.6. The summed E-state index contributed by atoms with van der Waals surface area (Å²) in [5.74, 6) is 1.78. The van der Waals surface area contributed by atoms with E-state index in [4.69, 9.17) is 9.47 Å². The molecular formula is C24H32N2O3. The predicted octanol–water partition coefficient (Wildman–Crippen LogP) is 4.44. The molecule has 2 N–H and O–H groups in total. The molecule has 0 aliphatic rings. The molecule has 5 nitrogen and oxygen atoms in total. The maximum atomic E-state index is 10.1. The van der Waals surface area contributed by atoms with Crippen molar-refractivity contribution >= 4 is 0 Å². The zero-order valence-electron chi connectivity index (χ0n) is 17.9. The van der Waals surface area contributed by atoms with Crippen LogP contribution in [-0.2, 0) is 11.8 Å². The zero-order chi connectivity index (χ0) is 21.3. The molecule has 0 saturated heterocycles. The Kier molecular flexibility index (Phi) is 8.35. The molecule has 5 heteroatoms. The largest absolute Gasteiger partial charge is 0.508 e. The molecule has 0 spiro atoms. The van der Waals surface area contributed by atoms with Gasteiger partial charge in [-0.15, -0.1) is 0 Å². The highest BCUT2D eigenvalue weighted by Gasteiger charge is 2.36. The number of ether oxygens (including phenoxy) is 2. The molecule has 2 aromatic carbocycles. The molecular weight excluding hydrogens is 364 g/mol. The van der Waals surface area contributed by atoms with Crippen LogP contribution in [0.5, 0.6) is 17.2 Å². The van der Waals surface area contributed by atoms with Gasteiger partial charge in [-0.05, 0) is 73.7 Å². The van der Waals surface area contributed by atoms with Crippen molar-refractivity contribution in [2.45, 2.75) is 38.5 Å². The topological polar surface area (TPSA) is 74.5 Å². The van der Waals surface area contributed by atoms with Gasteiger partial charge in [0, 0.05) is 0 Å². The van der Waals surface area contributed by atoms with Crippen molar-refractivity contribution in [3.63, 3.8) is 0 Å². The van der Waals surface area contributed by atoms with Gasteiger partial charge in [-0.25, -0.2) is 0 Å². The molecule has 0 fully saturated rings. The van der Waals surface area contributed by atoms with Crippen LogP contribution in [0, 0.1) is 17.2 Å². The lowest BCUT2D eigenvalue weighted by molar-refractivity contribution is 0.341. The van der Waals surface area contributed by atoms with Crippen LogP contribution in [0.2, 0.25) is 0 Å². The maximum absolute atomic E-state index is 10.1. The quantitative estimate of drug-likeness (QED) is 0.549. The smallest absolute Gasteiger partial charge is 0.161 e. The number of nitrogens with one attached hydrogen (secondary N) is 1. The van der Waals surface area contributed by atoms with Gasteiger partial charge in [0.25, 0.3) is 0 Å². The van der Waals surface area contributed by atoms with Crippen molar-refractivity contribution in [1.29, 1.82) is 5.26 Å². The van der Waals surface area contributed by atoms with Gasteiger partial charge in [-0.1, -0.05) is 32.0 Å². The molecule has 156 valence electrons. The van der Waals surface area contributed by atoms with Gasteiger partial charge < -0.3 is 19.9 Å². The summed E-state index contributed by atoms with van der Waals surface area (Å²) in [5.41, 5.74) is 1.59. The van der Waals surface area contributed by atoms with E-state index in [2.05, 4.69) is 25.2 Å². The van der Waals surface area contributed by atoms with E-state index in [-0.39, 0.29) is 5.92 Å². The van der Waals surface area contributed by atoms with Crippen LogP contribution in [0.3, 0.4) is 0 Å². The van der Waals surface area contributed by atoms with Crippen LogP contribution in [-0.4, -0.2) is 32.4 Å². The lowest BCUT2D eigenvalue weighted by Gasteiger charge is -2.32. The molecule has 0 aromatic heterocycles. The maximum Gasteiger partial charge on any atom is 0.161 e. The minimum Gasteiger partial charge on any atom is -0.508 e. The highest BCUT2D eigenvalue weighted by atomic mass is 16.5. The molecule has 1 unspecified atom stereocenters. The summed E-state index contributed by atoms with van der Waals surface area (Å²) in [4.78, 5) is 0. The lowest BCUT2D eigenvalue weighted by Crippen LogP contribution is -2.32. The first-order valence-electron chi connectivity index (χ1n) is 10.1. The molecule has 1 atom stereocenters. The monoisotopic (exact) mass is 396 g/mol. The van der Waals surface area contributed by atoms with E-state index in [9.17, 15) is 10.4 Å². The van der Waals surface area contributed by atoms with Crippen molar-refractivity contribution in [2.24, 2.45) is 5.92 Å². The number of aromatic hydroxyl groups is 1. The number of nitrogens with zero attached hydrogens (tertiary/aromatic N) is 1. The summed E-state index contributed by atoms with van der Waals surface area (Å²) >= 11 is 0. The average molecular weight is 397 g/mol. The van der Waals surface area contributed by atoms with Gasteiger partial charge in [0.05, 0.1) is 25.7 Å². The van der Waals surface area contributed by atoms with Gasteiger partial charge in [-0.3, -0.25) is 0 Å². The van der Waals surface area contributed by atoms with Crippen LogP contribution in [0.15, 0.2) is 42.5 Å². The zero-order valence-corrected chi connectivity index (χ0v) is 17.9. The number of rotatable bonds is 11. The number of phenolic OH excluding ortho intramolecular Hbond substituents is 1. The molecule has 0 amide bonds. The Balaban J connectivity index is 1.96. The van der Waals surface area contributed by atoms with Gasteiger partial charge in [0.1, 0.15) is 5.75 Å². The number of hydrogen-bond acceptors (Lipinski definition) is 5.